The molecule has 1 aromatic heterocycles. The van der Waals surface area contributed by atoms with Crippen molar-refractivity contribution in [3.05, 3.63) is 63.9 Å². The van der Waals surface area contributed by atoms with Crippen molar-refractivity contribution in [1.29, 1.82) is 0 Å². The highest BCUT2D eigenvalue weighted by Crippen LogP contribution is 2.23. The lowest BCUT2D eigenvalue weighted by Crippen LogP contribution is -2.40. The fourth-order valence-corrected chi connectivity index (χ4v) is 4.29. The van der Waals surface area contributed by atoms with Gasteiger partial charge >= 0.3 is 0 Å². The molecule has 150 valence electrons. The molecule has 1 saturated heterocycles. The number of rotatable bonds is 5. The molecule has 8 heteroatoms. The summed E-state index contributed by atoms with van der Waals surface area (Å²) in [5, 5.41) is 1.71. The van der Waals surface area contributed by atoms with Crippen LogP contribution in [0.2, 0.25) is 5.02 Å². The van der Waals surface area contributed by atoms with Crippen LogP contribution in [0.3, 0.4) is 0 Å². The molecule has 1 aliphatic rings. The zero-order valence-corrected chi connectivity index (χ0v) is 17.3. The van der Waals surface area contributed by atoms with Crippen molar-refractivity contribution in [2.75, 3.05) is 32.1 Å². The molecule has 0 aliphatic carbocycles. The van der Waals surface area contributed by atoms with Gasteiger partial charge in [0.2, 0.25) is 5.91 Å². The van der Waals surface area contributed by atoms with Crippen LogP contribution in [0.4, 0.5) is 0 Å². The third-order valence-corrected chi connectivity index (χ3v) is 5.93. The number of ether oxygens (including phenoxy) is 1. The number of morpholine rings is 1. The van der Waals surface area contributed by atoms with Crippen LogP contribution >= 0.6 is 23.4 Å². The number of para-hydroxylation sites is 1. The predicted molar refractivity (Wildman–Crippen MR) is 115 cm³/mol. The fraction of sp³-hybridized carbons (Fsp3) is 0.286. The van der Waals surface area contributed by atoms with E-state index in [1.54, 1.807) is 34.9 Å². The number of nitrogens with zero attached hydrogens (tertiary/aromatic N) is 3. The zero-order valence-electron chi connectivity index (χ0n) is 15.7. The maximum absolute atomic E-state index is 13.2. The number of carbonyl (C=O) groups excluding carboxylic acids is 1. The number of benzene rings is 2. The van der Waals surface area contributed by atoms with Crippen LogP contribution in [0.15, 0.2) is 58.5 Å². The average Bonchev–Trinajstić information content (AvgIpc) is 2.75. The zero-order chi connectivity index (χ0) is 20.2. The first-order chi connectivity index (χ1) is 14.1. The predicted octanol–water partition coefficient (Wildman–Crippen LogP) is 3.38. The van der Waals surface area contributed by atoms with E-state index in [9.17, 15) is 9.59 Å². The van der Waals surface area contributed by atoms with Gasteiger partial charge in [-0.3, -0.25) is 14.2 Å². The second-order valence-electron chi connectivity index (χ2n) is 6.62. The lowest BCUT2D eigenvalue weighted by Gasteiger charge is -2.26. The van der Waals surface area contributed by atoms with Gasteiger partial charge in [0.05, 0.1) is 29.8 Å². The summed E-state index contributed by atoms with van der Waals surface area (Å²) in [6.45, 7) is 2.43. The summed E-state index contributed by atoms with van der Waals surface area (Å²) < 4.78 is 6.88. The Hall–Kier alpha value is -2.35. The molecule has 0 unspecified atom stereocenters. The third kappa shape index (κ3) is 4.47. The van der Waals surface area contributed by atoms with Crippen LogP contribution in [0.25, 0.3) is 16.6 Å². The van der Waals surface area contributed by atoms with Crippen molar-refractivity contribution >= 4 is 40.2 Å². The minimum Gasteiger partial charge on any atom is -0.378 e. The van der Waals surface area contributed by atoms with Gasteiger partial charge in [0.15, 0.2) is 5.16 Å². The van der Waals surface area contributed by atoms with Crippen LogP contribution in [-0.4, -0.2) is 52.4 Å². The summed E-state index contributed by atoms with van der Waals surface area (Å²) in [6, 6.07) is 14.4. The molecule has 4 rings (SSSR count). The Morgan fingerprint density at radius 2 is 1.83 bits per heavy atom. The molecule has 0 bridgehead atoms. The Balaban J connectivity index is 1.62. The molecule has 2 aromatic carbocycles. The van der Waals surface area contributed by atoms with Crippen LogP contribution in [0.5, 0.6) is 0 Å². The monoisotopic (exact) mass is 429 g/mol. The minimum atomic E-state index is -0.139. The average molecular weight is 430 g/mol. The maximum Gasteiger partial charge on any atom is 0.266 e. The molecule has 0 saturated carbocycles. The van der Waals surface area contributed by atoms with Gasteiger partial charge in [0.25, 0.3) is 5.56 Å². The van der Waals surface area contributed by atoms with E-state index in [0.717, 1.165) is 0 Å². The van der Waals surface area contributed by atoms with Gasteiger partial charge < -0.3 is 9.64 Å². The molecule has 1 aliphatic heterocycles. The molecule has 0 spiro atoms. The topological polar surface area (TPSA) is 64.4 Å². The number of thioether (sulfide) groups is 1. The quantitative estimate of drug-likeness (QED) is 0.459. The van der Waals surface area contributed by atoms with Crippen LogP contribution in [0.1, 0.15) is 6.42 Å². The summed E-state index contributed by atoms with van der Waals surface area (Å²) >= 11 is 7.41. The molecule has 2 heterocycles. The largest absolute Gasteiger partial charge is 0.378 e. The van der Waals surface area contributed by atoms with Gasteiger partial charge in [-0.2, -0.15) is 0 Å². The summed E-state index contributed by atoms with van der Waals surface area (Å²) in [5.74, 6) is 0.635. The molecular formula is C21H20ClN3O3S. The van der Waals surface area contributed by atoms with Crippen LogP contribution in [-0.2, 0) is 9.53 Å². The Kier molecular flexibility index (Phi) is 6.18. The van der Waals surface area contributed by atoms with E-state index in [-0.39, 0.29) is 11.5 Å². The highest BCUT2D eigenvalue weighted by Gasteiger charge is 2.18. The summed E-state index contributed by atoms with van der Waals surface area (Å²) in [4.78, 5) is 32.1. The Labute approximate surface area is 177 Å². The number of amides is 1. The molecule has 0 radical (unpaired) electrons. The summed E-state index contributed by atoms with van der Waals surface area (Å²) in [7, 11) is 0. The summed E-state index contributed by atoms with van der Waals surface area (Å²) in [6.07, 6.45) is 0.383. The Morgan fingerprint density at radius 3 is 2.59 bits per heavy atom. The van der Waals surface area contributed by atoms with E-state index >= 15 is 0 Å². The Morgan fingerprint density at radius 1 is 1.10 bits per heavy atom. The fourth-order valence-electron chi connectivity index (χ4n) is 3.23. The number of hydrogen-bond donors (Lipinski definition) is 0. The second-order valence-corrected chi connectivity index (χ2v) is 8.12. The minimum absolute atomic E-state index is 0.0991. The number of fused-ring (bicyclic) bond motifs is 1. The second kappa shape index (κ2) is 8.98. The first kappa shape index (κ1) is 19.9. The summed E-state index contributed by atoms with van der Waals surface area (Å²) in [5.41, 5.74) is 1.20. The van der Waals surface area contributed by atoms with Crippen molar-refractivity contribution < 1.29 is 9.53 Å². The smallest absolute Gasteiger partial charge is 0.266 e. The maximum atomic E-state index is 13.2. The molecular weight excluding hydrogens is 410 g/mol. The van der Waals surface area contributed by atoms with Crippen molar-refractivity contribution in [2.24, 2.45) is 0 Å². The van der Waals surface area contributed by atoms with Crippen molar-refractivity contribution in [3.63, 3.8) is 0 Å². The molecule has 0 N–H and O–H groups in total. The third-order valence-electron chi connectivity index (χ3n) is 4.74. The van der Waals surface area contributed by atoms with E-state index in [1.165, 1.54) is 11.8 Å². The number of halogens is 1. The van der Waals surface area contributed by atoms with Crippen molar-refractivity contribution in [1.82, 2.24) is 14.5 Å². The first-order valence-corrected chi connectivity index (χ1v) is 10.8. The number of aromatic nitrogens is 2. The van der Waals surface area contributed by atoms with Gasteiger partial charge in [-0.05, 0) is 36.4 Å². The molecule has 1 amide bonds. The van der Waals surface area contributed by atoms with E-state index in [2.05, 4.69) is 0 Å². The van der Waals surface area contributed by atoms with Crippen LogP contribution < -0.4 is 5.56 Å². The van der Waals surface area contributed by atoms with Gasteiger partial charge in [-0.1, -0.05) is 35.5 Å². The Bertz CT molecular complexity index is 1080. The molecule has 0 atom stereocenters. The van der Waals surface area contributed by atoms with E-state index in [1.807, 2.05) is 23.1 Å². The van der Waals surface area contributed by atoms with E-state index < -0.39 is 0 Å². The number of carbonyl (C=O) groups is 1. The molecule has 3 aromatic rings. The van der Waals surface area contributed by atoms with Gasteiger partial charge in [-0.15, -0.1) is 0 Å². The van der Waals surface area contributed by atoms with Crippen molar-refractivity contribution in [2.45, 2.75) is 11.6 Å². The molecule has 6 nitrogen and oxygen atoms in total. The lowest BCUT2D eigenvalue weighted by molar-refractivity contribution is -0.134. The molecule has 1 fully saturated rings. The highest BCUT2D eigenvalue weighted by atomic mass is 35.5. The first-order valence-electron chi connectivity index (χ1n) is 9.39. The highest BCUT2D eigenvalue weighted by molar-refractivity contribution is 7.99. The van der Waals surface area contributed by atoms with E-state index in [0.29, 0.717) is 65.2 Å². The SMILES string of the molecule is O=C(CCSc1nc2ccccc2c(=O)n1-c1ccc(Cl)cc1)N1CCOCC1. The van der Waals surface area contributed by atoms with Gasteiger partial charge in [0, 0.05) is 30.3 Å². The van der Waals surface area contributed by atoms with E-state index in [4.69, 9.17) is 21.3 Å². The van der Waals surface area contributed by atoms with Crippen LogP contribution in [0, 0.1) is 0 Å². The normalized spacial score (nSPS) is 14.3. The standard InChI is InChI=1S/C21H20ClN3O3S/c22-15-5-7-16(8-6-15)25-20(27)17-3-1-2-4-18(17)23-21(25)29-14-9-19(26)24-10-12-28-13-11-24/h1-8H,9-14H2. The van der Waals surface area contributed by atoms with Gasteiger partial charge in [0.1, 0.15) is 0 Å². The van der Waals surface area contributed by atoms with Gasteiger partial charge in [-0.25, -0.2) is 4.98 Å². The van der Waals surface area contributed by atoms with Crippen molar-refractivity contribution in [3.8, 4) is 5.69 Å². The number of hydrogen-bond acceptors (Lipinski definition) is 5. The molecule has 29 heavy (non-hydrogen) atoms. The lowest BCUT2D eigenvalue weighted by atomic mass is 10.2.